The van der Waals surface area contributed by atoms with Crippen LogP contribution in [0.1, 0.15) is 26.8 Å². The van der Waals surface area contributed by atoms with E-state index in [9.17, 15) is 14.1 Å². The molecule has 3 aromatic rings. The zero-order chi connectivity index (χ0) is 24.0. The average molecular weight is 506 g/mol. The molecule has 0 aliphatic heterocycles. The van der Waals surface area contributed by atoms with Crippen molar-refractivity contribution in [2.24, 2.45) is 4.36 Å². The maximum atomic E-state index is 12.8. The van der Waals surface area contributed by atoms with Gasteiger partial charge in [0.05, 0.1) is 28.5 Å². The number of aliphatic hydroxyl groups is 1. The van der Waals surface area contributed by atoms with Crippen LogP contribution in [0.25, 0.3) is 10.4 Å². The highest BCUT2D eigenvalue weighted by atomic mass is 32.2. The van der Waals surface area contributed by atoms with Gasteiger partial charge < -0.3 is 20.5 Å². The first-order valence-corrected chi connectivity index (χ1v) is 13.1. The van der Waals surface area contributed by atoms with Crippen molar-refractivity contribution in [3.05, 3.63) is 47.5 Å². The second-order valence-electron chi connectivity index (χ2n) is 7.36. The number of nitrogens with one attached hydrogen (secondary N) is 2. The van der Waals surface area contributed by atoms with Gasteiger partial charge in [-0.05, 0) is 62.0 Å². The summed E-state index contributed by atoms with van der Waals surface area (Å²) in [5.74, 6) is 0.975. The van der Waals surface area contributed by atoms with Crippen LogP contribution in [0.5, 0.6) is 0 Å². The van der Waals surface area contributed by atoms with Gasteiger partial charge in [-0.25, -0.2) is 14.0 Å². The van der Waals surface area contributed by atoms with Gasteiger partial charge in [0.25, 0.3) is 0 Å². The van der Waals surface area contributed by atoms with Crippen molar-refractivity contribution in [2.75, 3.05) is 30.1 Å². The molecule has 0 bridgehead atoms. The van der Waals surface area contributed by atoms with E-state index in [2.05, 4.69) is 25.0 Å². The number of amides is 1. The van der Waals surface area contributed by atoms with E-state index in [1.54, 1.807) is 48.7 Å². The summed E-state index contributed by atoms with van der Waals surface area (Å²) in [6, 6.07) is 8.53. The minimum absolute atomic E-state index is 0. The molecule has 0 radical (unpaired) electrons. The van der Waals surface area contributed by atoms with Crippen molar-refractivity contribution in [1.82, 2.24) is 9.97 Å². The number of anilines is 3. The SMILES string of the molecule is C.CCOC(=O)N=S(C)(=O)c1ccc(Nc2ncc(-c3sccc3C)c(N[C@H](C)CO)n2)cc1. The second kappa shape index (κ2) is 11.9. The molecule has 1 aromatic carbocycles. The molecule has 34 heavy (non-hydrogen) atoms. The predicted octanol–water partition coefficient (Wildman–Crippen LogP) is 5.30. The Morgan fingerprint density at radius 2 is 2.00 bits per heavy atom. The summed E-state index contributed by atoms with van der Waals surface area (Å²) in [4.78, 5) is 22.1. The summed E-state index contributed by atoms with van der Waals surface area (Å²) in [6.07, 6.45) is 2.28. The molecule has 184 valence electrons. The summed E-state index contributed by atoms with van der Waals surface area (Å²) < 4.78 is 21.2. The molecule has 1 unspecified atom stereocenters. The highest BCUT2D eigenvalue weighted by Crippen LogP contribution is 2.34. The molecule has 0 saturated carbocycles. The number of hydrogen-bond acceptors (Lipinski definition) is 9. The molecular weight excluding hydrogens is 474 g/mol. The number of ether oxygens (including phenoxy) is 1. The first-order valence-electron chi connectivity index (χ1n) is 10.3. The van der Waals surface area contributed by atoms with E-state index < -0.39 is 15.8 Å². The van der Waals surface area contributed by atoms with Crippen LogP contribution < -0.4 is 10.6 Å². The number of aromatic nitrogens is 2. The molecule has 3 rings (SSSR count). The minimum atomic E-state index is -2.92. The summed E-state index contributed by atoms with van der Waals surface area (Å²) in [5, 5.41) is 17.8. The van der Waals surface area contributed by atoms with Gasteiger partial charge in [-0.1, -0.05) is 7.43 Å². The number of nitrogens with zero attached hydrogens (tertiary/aromatic N) is 3. The number of carbonyl (C=O) groups is 1. The lowest BCUT2D eigenvalue weighted by molar-refractivity contribution is 0.164. The number of hydrogen-bond donors (Lipinski definition) is 3. The summed E-state index contributed by atoms with van der Waals surface area (Å²) in [5.41, 5.74) is 2.65. The van der Waals surface area contributed by atoms with Gasteiger partial charge in [-0.2, -0.15) is 4.98 Å². The van der Waals surface area contributed by atoms with Gasteiger partial charge in [-0.15, -0.1) is 15.7 Å². The standard InChI is InChI=1S/C22H27N5O4S2.CH4/c1-5-31-22(29)27-33(4,30)17-8-6-16(7-9-17)25-21-23-12-18(19-14(2)10-11-32-19)20(26-21)24-15(3)13-28;/h6-12,15,28H,5,13H2,1-4H3,(H2,23,24,25,26);1H4/t15-,33?;/m1./s1. The lowest BCUT2D eigenvalue weighted by Crippen LogP contribution is -2.21. The van der Waals surface area contributed by atoms with Crippen LogP contribution in [0.15, 0.2) is 51.2 Å². The van der Waals surface area contributed by atoms with E-state index in [-0.39, 0.29) is 26.7 Å². The van der Waals surface area contributed by atoms with Gasteiger partial charge in [0.15, 0.2) is 0 Å². The Hall–Kier alpha value is -3.02. The van der Waals surface area contributed by atoms with Crippen LogP contribution in [0.3, 0.4) is 0 Å². The van der Waals surface area contributed by atoms with Gasteiger partial charge in [0.2, 0.25) is 5.95 Å². The normalized spacial score (nSPS) is 13.2. The molecule has 2 heterocycles. The van der Waals surface area contributed by atoms with Crippen molar-refractivity contribution in [1.29, 1.82) is 0 Å². The Morgan fingerprint density at radius 3 is 2.59 bits per heavy atom. The highest BCUT2D eigenvalue weighted by molar-refractivity contribution is 7.93. The zero-order valence-electron chi connectivity index (χ0n) is 18.9. The molecule has 0 saturated heterocycles. The third kappa shape index (κ3) is 6.75. The monoisotopic (exact) mass is 505 g/mol. The molecule has 3 N–H and O–H groups in total. The predicted molar refractivity (Wildman–Crippen MR) is 138 cm³/mol. The first-order chi connectivity index (χ1) is 15.7. The molecule has 1 amide bonds. The maximum absolute atomic E-state index is 12.8. The Morgan fingerprint density at radius 1 is 1.29 bits per heavy atom. The fourth-order valence-electron chi connectivity index (χ4n) is 2.91. The zero-order valence-corrected chi connectivity index (χ0v) is 20.5. The number of thiophene rings is 1. The summed E-state index contributed by atoms with van der Waals surface area (Å²) in [7, 11) is -2.92. The van der Waals surface area contributed by atoms with Gasteiger partial charge in [0, 0.05) is 34.0 Å². The third-order valence-corrected chi connectivity index (χ3v) is 7.31. The third-order valence-electron chi connectivity index (χ3n) is 4.62. The minimum Gasteiger partial charge on any atom is -0.448 e. The number of rotatable bonds is 8. The van der Waals surface area contributed by atoms with E-state index in [0.717, 1.165) is 16.0 Å². The van der Waals surface area contributed by atoms with Crippen LogP contribution in [-0.2, 0) is 14.5 Å². The number of benzene rings is 1. The number of carbonyl (C=O) groups excluding carboxylic acids is 1. The Kier molecular flexibility index (Phi) is 9.54. The largest absolute Gasteiger partial charge is 0.448 e. The van der Waals surface area contributed by atoms with Crippen molar-refractivity contribution in [3.63, 3.8) is 0 Å². The Balaban J connectivity index is 0.00000408. The lowest BCUT2D eigenvalue weighted by atomic mass is 10.1. The number of aryl methyl sites for hydroxylation is 1. The topological polar surface area (TPSA) is 126 Å². The molecule has 0 spiro atoms. The quantitative estimate of drug-likeness (QED) is 0.377. The first kappa shape index (κ1) is 27.2. The molecule has 11 heteroatoms. The van der Waals surface area contributed by atoms with Crippen LogP contribution in [-0.4, -0.2) is 50.9 Å². The molecule has 2 atom stereocenters. The van der Waals surface area contributed by atoms with E-state index >= 15 is 0 Å². The fourth-order valence-corrected chi connectivity index (χ4v) is 4.93. The molecule has 9 nitrogen and oxygen atoms in total. The smallest absolute Gasteiger partial charge is 0.442 e. The Labute approximate surface area is 204 Å². The van der Waals surface area contributed by atoms with Crippen molar-refractivity contribution in [2.45, 2.75) is 39.1 Å². The van der Waals surface area contributed by atoms with Crippen LogP contribution in [0, 0.1) is 6.92 Å². The molecule has 0 aliphatic rings. The molecule has 0 fully saturated rings. The molecular formula is C23H31N5O4S2. The van der Waals surface area contributed by atoms with Crippen LogP contribution in [0.4, 0.5) is 22.2 Å². The summed E-state index contributed by atoms with van der Waals surface area (Å²) >= 11 is 1.60. The fraction of sp³-hybridized carbons (Fsp3) is 0.348. The average Bonchev–Trinajstić information content (AvgIpc) is 3.19. The van der Waals surface area contributed by atoms with Crippen LogP contribution in [0.2, 0.25) is 0 Å². The van der Waals surface area contributed by atoms with E-state index in [0.29, 0.717) is 22.3 Å². The van der Waals surface area contributed by atoms with Gasteiger partial charge >= 0.3 is 6.09 Å². The Bertz CT molecular complexity index is 1230. The molecule has 2 aromatic heterocycles. The van der Waals surface area contributed by atoms with Crippen LogP contribution >= 0.6 is 11.3 Å². The van der Waals surface area contributed by atoms with Gasteiger partial charge in [-0.3, -0.25) is 0 Å². The second-order valence-corrected chi connectivity index (χ2v) is 10.5. The summed E-state index contributed by atoms with van der Waals surface area (Å²) in [6.45, 7) is 5.68. The van der Waals surface area contributed by atoms with Crippen molar-refractivity contribution in [3.8, 4) is 10.4 Å². The van der Waals surface area contributed by atoms with E-state index in [4.69, 9.17) is 4.74 Å². The van der Waals surface area contributed by atoms with E-state index in [1.807, 2.05) is 25.3 Å². The van der Waals surface area contributed by atoms with Crippen molar-refractivity contribution >= 4 is 44.6 Å². The van der Waals surface area contributed by atoms with E-state index in [1.165, 1.54) is 6.26 Å². The number of aliphatic hydroxyl groups excluding tert-OH is 1. The highest BCUT2D eigenvalue weighted by Gasteiger charge is 2.15. The van der Waals surface area contributed by atoms with Crippen molar-refractivity contribution < 1.29 is 18.8 Å². The van der Waals surface area contributed by atoms with Gasteiger partial charge in [0.1, 0.15) is 5.82 Å². The maximum Gasteiger partial charge on any atom is 0.442 e. The molecule has 0 aliphatic carbocycles. The lowest BCUT2D eigenvalue weighted by Gasteiger charge is -2.16.